The molecule has 0 aliphatic carbocycles. The first kappa shape index (κ1) is 29.4. The lowest BCUT2D eigenvalue weighted by molar-refractivity contribution is 0.101. The molecule has 0 aliphatic heterocycles. The third kappa shape index (κ3) is 7.57. The summed E-state index contributed by atoms with van der Waals surface area (Å²) < 4.78 is 11.7. The molecule has 0 bridgehead atoms. The number of benzene rings is 2. The Labute approximate surface area is 222 Å². The Morgan fingerprint density at radius 2 is 1.78 bits per heavy atom. The summed E-state index contributed by atoms with van der Waals surface area (Å²) in [6.45, 7) is 16.1. The molecule has 2 rings (SSSR count). The molecule has 1 atom stereocenters. The van der Waals surface area contributed by atoms with Crippen LogP contribution in [0.15, 0.2) is 72.4 Å². The predicted octanol–water partition coefficient (Wildman–Crippen LogP) is 8.74. The van der Waals surface area contributed by atoms with E-state index < -0.39 is 0 Å². The topological polar surface area (TPSA) is 59.3 Å². The van der Waals surface area contributed by atoms with Gasteiger partial charge in [0.25, 0.3) is 0 Å². The first-order valence-electron chi connectivity index (χ1n) is 12.8. The van der Waals surface area contributed by atoms with Crippen molar-refractivity contribution in [2.75, 3.05) is 7.11 Å². The lowest BCUT2D eigenvalue weighted by Crippen LogP contribution is -2.15. The fraction of sp³-hybridized carbons (Fsp3) is 0.333. The second kappa shape index (κ2) is 14.0. The number of nitrogens with zero attached hydrogens (tertiary/aromatic N) is 1. The zero-order valence-corrected chi connectivity index (χ0v) is 23.3. The van der Waals surface area contributed by atoms with Crippen molar-refractivity contribution < 1.29 is 14.3 Å². The van der Waals surface area contributed by atoms with Crippen LogP contribution in [0.2, 0.25) is 0 Å². The molecule has 0 spiro atoms. The third-order valence-corrected chi connectivity index (χ3v) is 6.41. The summed E-state index contributed by atoms with van der Waals surface area (Å²) >= 11 is 0. The second-order valence-electron chi connectivity index (χ2n) is 9.12. The van der Waals surface area contributed by atoms with Crippen LogP contribution >= 0.6 is 0 Å². The average Bonchev–Trinajstić information content (AvgIpc) is 2.90. The number of hydrogen-bond acceptors (Lipinski definition) is 4. The van der Waals surface area contributed by atoms with Gasteiger partial charge in [0.1, 0.15) is 17.6 Å². The minimum absolute atomic E-state index is 0.00519. The second-order valence-corrected chi connectivity index (χ2v) is 9.12. The van der Waals surface area contributed by atoms with Crippen molar-refractivity contribution in [3.8, 4) is 17.6 Å². The smallest absolute Gasteiger partial charge is 0.159 e. The number of nitriles is 1. The summed E-state index contributed by atoms with van der Waals surface area (Å²) in [6.07, 6.45) is 9.03. The summed E-state index contributed by atoms with van der Waals surface area (Å²) in [4.78, 5) is 11.8. The van der Waals surface area contributed by atoms with Gasteiger partial charge in [0.05, 0.1) is 18.8 Å². The fourth-order valence-corrected chi connectivity index (χ4v) is 4.20. The van der Waals surface area contributed by atoms with Gasteiger partial charge >= 0.3 is 0 Å². The van der Waals surface area contributed by atoms with Crippen LogP contribution < -0.4 is 9.47 Å². The van der Waals surface area contributed by atoms with Crippen LogP contribution in [0, 0.1) is 11.3 Å². The van der Waals surface area contributed by atoms with E-state index >= 15 is 0 Å². The lowest BCUT2D eigenvalue weighted by Gasteiger charge is -2.19. The molecular weight excluding hydrogens is 458 g/mol. The van der Waals surface area contributed by atoms with E-state index in [1.807, 2.05) is 69.3 Å². The van der Waals surface area contributed by atoms with Gasteiger partial charge in [-0.05, 0) is 86.6 Å². The molecule has 4 nitrogen and oxygen atoms in total. The van der Waals surface area contributed by atoms with Crippen molar-refractivity contribution in [3.05, 3.63) is 94.6 Å². The molecule has 0 N–H and O–H groups in total. The van der Waals surface area contributed by atoms with Gasteiger partial charge in [0.15, 0.2) is 5.78 Å². The van der Waals surface area contributed by atoms with E-state index in [0.717, 1.165) is 52.7 Å². The van der Waals surface area contributed by atoms with E-state index in [-0.39, 0.29) is 11.9 Å². The van der Waals surface area contributed by atoms with E-state index in [1.54, 1.807) is 20.1 Å². The van der Waals surface area contributed by atoms with Gasteiger partial charge in [0, 0.05) is 11.1 Å². The molecular formula is C33H39NO3. The van der Waals surface area contributed by atoms with Crippen LogP contribution in [0.3, 0.4) is 0 Å². The van der Waals surface area contributed by atoms with Crippen molar-refractivity contribution in [1.82, 2.24) is 0 Å². The number of ketones is 1. The normalized spacial score (nSPS) is 13.1. The quantitative estimate of drug-likeness (QED) is 0.217. The van der Waals surface area contributed by atoms with Gasteiger partial charge in [-0.15, -0.1) is 0 Å². The molecule has 0 radical (unpaired) electrons. The Hall–Kier alpha value is -3.84. The standard InChI is InChI=1S/C33H39NO3/c1-9-12-29(11-3)37-32-17-15-27(19-28(32)21-34)31(13-10-2)24(6)22(4)18-23(5)30-16-14-26(25(7)35)20-33(30)36-8/h10,13-20,29H,4,9,11-12H2,1-3,5-8H3/b13-10-,23-18+,31-24+. The number of ether oxygens (including phenoxy) is 2. The molecule has 37 heavy (non-hydrogen) atoms. The predicted molar refractivity (Wildman–Crippen MR) is 154 cm³/mol. The highest BCUT2D eigenvalue weighted by atomic mass is 16.5. The van der Waals surface area contributed by atoms with Crippen molar-refractivity contribution in [3.63, 3.8) is 0 Å². The Balaban J connectivity index is 2.48. The van der Waals surface area contributed by atoms with Crippen LogP contribution in [0.5, 0.6) is 11.5 Å². The van der Waals surface area contributed by atoms with Gasteiger partial charge < -0.3 is 9.47 Å². The molecule has 194 valence electrons. The van der Waals surface area contributed by atoms with Gasteiger partial charge in [-0.25, -0.2) is 0 Å². The minimum atomic E-state index is -0.00519. The molecule has 2 aromatic carbocycles. The highest BCUT2D eigenvalue weighted by molar-refractivity contribution is 5.95. The molecule has 4 heteroatoms. The van der Waals surface area contributed by atoms with E-state index in [9.17, 15) is 10.1 Å². The molecule has 2 aromatic rings. The number of methoxy groups -OCH3 is 1. The summed E-state index contributed by atoms with van der Waals surface area (Å²) in [5, 5.41) is 9.84. The van der Waals surface area contributed by atoms with Gasteiger partial charge in [-0.3, -0.25) is 4.79 Å². The number of carbonyl (C=O) groups excluding carboxylic acids is 1. The Kier molecular flexibility index (Phi) is 11.2. The SMILES string of the molecule is C=C(/C=C(\C)c1ccc(C(C)=O)cc1OC)/C(C)=C(\C=C/C)c1ccc(OC(CC)CCC)c(C#N)c1. The Morgan fingerprint density at radius 3 is 2.35 bits per heavy atom. The van der Waals surface area contributed by atoms with Crippen LogP contribution in [0.1, 0.15) is 87.9 Å². The van der Waals surface area contributed by atoms with Crippen molar-refractivity contribution in [1.29, 1.82) is 5.26 Å². The molecule has 0 fully saturated rings. The third-order valence-electron chi connectivity index (χ3n) is 6.41. The maximum Gasteiger partial charge on any atom is 0.159 e. The highest BCUT2D eigenvalue weighted by Crippen LogP contribution is 2.33. The van der Waals surface area contributed by atoms with E-state index in [4.69, 9.17) is 9.47 Å². The average molecular weight is 498 g/mol. The summed E-state index contributed by atoms with van der Waals surface area (Å²) in [6, 6.07) is 13.6. The molecule has 0 heterocycles. The summed E-state index contributed by atoms with van der Waals surface area (Å²) in [7, 11) is 1.60. The largest absolute Gasteiger partial charge is 0.496 e. The first-order valence-corrected chi connectivity index (χ1v) is 12.8. The number of hydrogen-bond donors (Lipinski definition) is 0. The zero-order chi connectivity index (χ0) is 27.5. The van der Waals surface area contributed by atoms with Crippen LogP contribution in [0.25, 0.3) is 11.1 Å². The number of allylic oxidation sites excluding steroid dienone is 7. The van der Waals surface area contributed by atoms with Crippen molar-refractivity contribution in [2.45, 2.75) is 66.9 Å². The highest BCUT2D eigenvalue weighted by Gasteiger charge is 2.14. The minimum Gasteiger partial charge on any atom is -0.496 e. The number of carbonyl (C=O) groups is 1. The van der Waals surface area contributed by atoms with Crippen LogP contribution in [0.4, 0.5) is 0 Å². The maximum atomic E-state index is 11.8. The monoisotopic (exact) mass is 497 g/mol. The van der Waals surface area contributed by atoms with Crippen LogP contribution in [-0.2, 0) is 0 Å². The zero-order valence-electron chi connectivity index (χ0n) is 23.3. The molecule has 0 saturated carbocycles. The first-order chi connectivity index (χ1) is 17.7. The van der Waals surface area contributed by atoms with Gasteiger partial charge in [0.2, 0.25) is 0 Å². The Morgan fingerprint density at radius 1 is 1.08 bits per heavy atom. The number of rotatable bonds is 12. The molecule has 0 amide bonds. The van der Waals surface area contributed by atoms with Crippen molar-refractivity contribution in [2.24, 2.45) is 0 Å². The van der Waals surface area contributed by atoms with E-state index in [2.05, 4.69) is 26.5 Å². The fourth-order valence-electron chi connectivity index (χ4n) is 4.20. The van der Waals surface area contributed by atoms with E-state index in [1.165, 1.54) is 0 Å². The van der Waals surface area contributed by atoms with E-state index in [0.29, 0.717) is 22.6 Å². The van der Waals surface area contributed by atoms with Crippen molar-refractivity contribution >= 4 is 16.9 Å². The van der Waals surface area contributed by atoms with Crippen LogP contribution in [-0.4, -0.2) is 19.0 Å². The lowest BCUT2D eigenvalue weighted by atomic mass is 9.92. The molecule has 0 aliphatic rings. The summed E-state index contributed by atoms with van der Waals surface area (Å²) in [5.41, 5.74) is 6.76. The molecule has 1 unspecified atom stereocenters. The van der Waals surface area contributed by atoms with Gasteiger partial charge in [-0.2, -0.15) is 5.26 Å². The number of Topliss-reactive ketones (excluding diaryl/α,β-unsaturated/α-hetero) is 1. The summed E-state index contributed by atoms with van der Waals surface area (Å²) in [5.74, 6) is 1.27. The molecule has 0 saturated heterocycles. The molecule has 0 aromatic heterocycles. The maximum absolute atomic E-state index is 11.8. The van der Waals surface area contributed by atoms with Gasteiger partial charge in [-0.1, -0.05) is 63.3 Å². The Bertz CT molecular complexity index is 1270.